The quantitative estimate of drug-likeness (QED) is 0.760. The molecule has 0 saturated heterocycles. The lowest BCUT2D eigenvalue weighted by Gasteiger charge is -2.11. The molecule has 3 N–H and O–H groups in total. The lowest BCUT2D eigenvalue weighted by molar-refractivity contribution is -0.118. The highest BCUT2D eigenvalue weighted by atomic mass is 35.5. The summed E-state index contributed by atoms with van der Waals surface area (Å²) in [4.78, 5) is 22.4. The number of hydrogen-bond acceptors (Lipinski definition) is 4. The molecule has 0 aliphatic heterocycles. The van der Waals surface area contributed by atoms with Crippen LogP contribution in [-0.2, 0) is 4.79 Å². The van der Waals surface area contributed by atoms with Gasteiger partial charge in [-0.15, -0.1) is 0 Å². The topological polar surface area (TPSA) is 90.0 Å². The first kappa shape index (κ1) is 14.5. The van der Waals surface area contributed by atoms with E-state index in [1.54, 1.807) is 0 Å². The Kier molecular flexibility index (Phi) is 5.15. The minimum atomic E-state index is -0.351. The molecule has 1 aromatic rings. The van der Waals surface area contributed by atoms with E-state index in [-0.39, 0.29) is 22.5 Å². The number of rotatable bonds is 6. The summed E-state index contributed by atoms with van der Waals surface area (Å²) in [6.07, 6.45) is 2.38. The van der Waals surface area contributed by atoms with Gasteiger partial charge in [0.25, 0.3) is 5.56 Å². The molecule has 0 spiro atoms. The summed E-state index contributed by atoms with van der Waals surface area (Å²) in [6.45, 7) is 4.21. The molecule has 0 unspecified atom stereocenters. The fourth-order valence-electron chi connectivity index (χ4n) is 1.42. The number of carbonyl (C=O) groups excluding carboxylic acids is 1. The van der Waals surface area contributed by atoms with Gasteiger partial charge in [0.1, 0.15) is 5.02 Å². The van der Waals surface area contributed by atoms with Crippen LogP contribution >= 0.6 is 11.6 Å². The second-order valence-corrected chi connectivity index (χ2v) is 4.59. The molecular weight excluding hydrogens is 256 g/mol. The van der Waals surface area contributed by atoms with Crippen molar-refractivity contribution in [3.05, 3.63) is 21.6 Å². The maximum Gasteiger partial charge on any atom is 0.287 e. The van der Waals surface area contributed by atoms with Gasteiger partial charge >= 0.3 is 0 Å². The molecule has 1 aromatic heterocycles. The van der Waals surface area contributed by atoms with Crippen molar-refractivity contribution >= 4 is 23.2 Å². The number of nitrogens with one attached hydrogen (secondary N) is 1. The Morgan fingerprint density at radius 3 is 2.83 bits per heavy atom. The Balaban J connectivity index is 2.71. The Hall–Kier alpha value is -1.56. The van der Waals surface area contributed by atoms with Crippen LogP contribution in [0.4, 0.5) is 5.69 Å². The zero-order valence-electron chi connectivity index (χ0n) is 10.4. The number of amides is 1. The van der Waals surface area contributed by atoms with Crippen molar-refractivity contribution in [2.75, 3.05) is 11.9 Å². The molecule has 0 bridgehead atoms. The highest BCUT2D eigenvalue weighted by molar-refractivity contribution is 6.32. The number of hydrogen-bond donors (Lipinski definition) is 2. The Morgan fingerprint density at radius 2 is 2.28 bits per heavy atom. The standard InChI is InChI=1S/C11H17ClN4O2/c1-7(2)16-11(18)10(12)8(6-15-16)14-5-3-4-9(13)17/h6-7,14H,3-5H2,1-2H3,(H2,13,17). The summed E-state index contributed by atoms with van der Waals surface area (Å²) in [5, 5.41) is 7.09. The second-order valence-electron chi connectivity index (χ2n) is 4.21. The normalized spacial score (nSPS) is 10.7. The van der Waals surface area contributed by atoms with E-state index in [0.717, 1.165) is 0 Å². The van der Waals surface area contributed by atoms with E-state index in [1.807, 2.05) is 13.8 Å². The number of halogens is 1. The maximum absolute atomic E-state index is 11.8. The van der Waals surface area contributed by atoms with E-state index in [2.05, 4.69) is 10.4 Å². The van der Waals surface area contributed by atoms with Gasteiger partial charge in [0.05, 0.1) is 17.9 Å². The molecule has 7 heteroatoms. The fourth-order valence-corrected chi connectivity index (χ4v) is 1.62. The summed E-state index contributed by atoms with van der Waals surface area (Å²) in [5.74, 6) is -0.351. The van der Waals surface area contributed by atoms with Crippen LogP contribution in [-0.4, -0.2) is 22.2 Å². The van der Waals surface area contributed by atoms with Crippen molar-refractivity contribution in [1.82, 2.24) is 9.78 Å². The SMILES string of the molecule is CC(C)n1ncc(NCCCC(N)=O)c(Cl)c1=O. The number of primary amides is 1. The number of aromatic nitrogens is 2. The van der Waals surface area contributed by atoms with Crippen molar-refractivity contribution in [1.29, 1.82) is 0 Å². The maximum atomic E-state index is 11.8. The van der Waals surface area contributed by atoms with E-state index in [9.17, 15) is 9.59 Å². The lowest BCUT2D eigenvalue weighted by atomic mass is 10.3. The molecule has 0 atom stereocenters. The van der Waals surface area contributed by atoms with Gasteiger partial charge in [-0.2, -0.15) is 5.10 Å². The lowest BCUT2D eigenvalue weighted by Crippen LogP contribution is -2.26. The predicted octanol–water partition coefficient (Wildman–Crippen LogP) is 1.15. The van der Waals surface area contributed by atoms with Crippen molar-refractivity contribution in [3.63, 3.8) is 0 Å². The van der Waals surface area contributed by atoms with Gasteiger partial charge in [-0.05, 0) is 20.3 Å². The van der Waals surface area contributed by atoms with E-state index < -0.39 is 0 Å². The first-order valence-corrected chi connectivity index (χ1v) is 6.10. The minimum Gasteiger partial charge on any atom is -0.382 e. The van der Waals surface area contributed by atoms with Gasteiger partial charge in [-0.3, -0.25) is 9.59 Å². The smallest absolute Gasteiger partial charge is 0.287 e. The molecule has 1 heterocycles. The first-order chi connectivity index (χ1) is 8.43. The summed E-state index contributed by atoms with van der Waals surface area (Å²) in [6, 6.07) is -0.0427. The largest absolute Gasteiger partial charge is 0.382 e. The Morgan fingerprint density at radius 1 is 1.61 bits per heavy atom. The average molecular weight is 273 g/mol. The van der Waals surface area contributed by atoms with Gasteiger partial charge in [0.2, 0.25) is 5.91 Å². The second kappa shape index (κ2) is 6.39. The predicted molar refractivity (Wildman–Crippen MR) is 70.8 cm³/mol. The van der Waals surface area contributed by atoms with Crippen LogP contribution in [0.3, 0.4) is 0 Å². The van der Waals surface area contributed by atoms with Crippen LogP contribution in [0.1, 0.15) is 32.7 Å². The Bertz CT molecular complexity index is 484. The third kappa shape index (κ3) is 3.73. The zero-order chi connectivity index (χ0) is 13.7. The van der Waals surface area contributed by atoms with E-state index in [0.29, 0.717) is 25.1 Å². The van der Waals surface area contributed by atoms with Crippen molar-refractivity contribution in [2.45, 2.75) is 32.7 Å². The van der Waals surface area contributed by atoms with Crippen LogP contribution in [0.15, 0.2) is 11.0 Å². The first-order valence-electron chi connectivity index (χ1n) is 5.73. The van der Waals surface area contributed by atoms with Gasteiger partial charge < -0.3 is 11.1 Å². The number of nitrogens with two attached hydrogens (primary N) is 1. The summed E-state index contributed by atoms with van der Waals surface area (Å²) in [5.41, 5.74) is 5.17. The summed E-state index contributed by atoms with van der Waals surface area (Å²) >= 11 is 5.96. The Labute approximate surface area is 110 Å². The van der Waals surface area contributed by atoms with Gasteiger partial charge in [0, 0.05) is 13.0 Å². The van der Waals surface area contributed by atoms with E-state index in [1.165, 1.54) is 10.9 Å². The van der Waals surface area contributed by atoms with Gasteiger partial charge in [-0.25, -0.2) is 4.68 Å². The molecule has 0 aliphatic rings. The van der Waals surface area contributed by atoms with Crippen LogP contribution in [0.5, 0.6) is 0 Å². The molecular formula is C11H17ClN4O2. The van der Waals surface area contributed by atoms with Gasteiger partial charge in [0.15, 0.2) is 0 Å². The van der Waals surface area contributed by atoms with Gasteiger partial charge in [-0.1, -0.05) is 11.6 Å². The molecule has 0 aliphatic carbocycles. The van der Waals surface area contributed by atoms with E-state index in [4.69, 9.17) is 17.3 Å². The number of anilines is 1. The molecule has 0 fully saturated rings. The minimum absolute atomic E-state index is 0.0427. The van der Waals surface area contributed by atoms with Crippen LogP contribution < -0.4 is 16.6 Å². The molecule has 1 rings (SSSR count). The van der Waals surface area contributed by atoms with Crippen molar-refractivity contribution in [3.8, 4) is 0 Å². The zero-order valence-corrected chi connectivity index (χ0v) is 11.2. The molecule has 100 valence electrons. The third-order valence-corrected chi connectivity index (χ3v) is 2.71. The molecule has 18 heavy (non-hydrogen) atoms. The summed E-state index contributed by atoms with van der Waals surface area (Å²) < 4.78 is 1.32. The molecule has 6 nitrogen and oxygen atoms in total. The molecule has 1 amide bonds. The van der Waals surface area contributed by atoms with Crippen LogP contribution in [0.2, 0.25) is 5.02 Å². The molecule has 0 aromatic carbocycles. The number of nitrogens with zero attached hydrogens (tertiary/aromatic N) is 2. The van der Waals surface area contributed by atoms with Crippen molar-refractivity contribution < 1.29 is 4.79 Å². The average Bonchev–Trinajstić information content (AvgIpc) is 2.29. The summed E-state index contributed by atoms with van der Waals surface area (Å²) in [7, 11) is 0. The highest BCUT2D eigenvalue weighted by Crippen LogP contribution is 2.16. The van der Waals surface area contributed by atoms with E-state index >= 15 is 0 Å². The third-order valence-electron chi connectivity index (χ3n) is 2.35. The van der Waals surface area contributed by atoms with Crippen LogP contribution in [0, 0.1) is 0 Å². The number of carbonyl (C=O) groups is 1. The monoisotopic (exact) mass is 272 g/mol. The van der Waals surface area contributed by atoms with Crippen LogP contribution in [0.25, 0.3) is 0 Å². The highest BCUT2D eigenvalue weighted by Gasteiger charge is 2.10. The molecule has 0 saturated carbocycles. The van der Waals surface area contributed by atoms with Crippen molar-refractivity contribution in [2.24, 2.45) is 5.73 Å². The molecule has 0 radical (unpaired) electrons. The fraction of sp³-hybridized carbons (Fsp3) is 0.545.